The molecule has 0 aliphatic carbocycles. The lowest BCUT2D eigenvalue weighted by Gasteiger charge is -2.32. The van der Waals surface area contributed by atoms with Crippen LogP contribution in [0.25, 0.3) is 0 Å². The Hall–Kier alpha value is -0.340. The fraction of sp³-hybridized carbons (Fsp3) is 0.938. The first-order valence-electron chi connectivity index (χ1n) is 9.27. The normalized spacial score (nSPS) is 17.5. The number of piperidine rings is 1. The Labute approximate surface area is 182 Å². The molecule has 12 heteroatoms. The molecule has 0 saturated carbocycles. The third-order valence-corrected chi connectivity index (χ3v) is 5.75. The largest absolute Gasteiger partial charge is 0.511 e. The van der Waals surface area contributed by atoms with Gasteiger partial charge in [0.1, 0.15) is 0 Å². The quantitative estimate of drug-likeness (QED) is 0.202. The van der Waals surface area contributed by atoms with Crippen molar-refractivity contribution in [2.75, 3.05) is 39.4 Å². The summed E-state index contributed by atoms with van der Waals surface area (Å²) in [7, 11) is -5.25. The van der Waals surface area contributed by atoms with Crippen molar-refractivity contribution in [1.82, 2.24) is 14.9 Å². The third kappa shape index (κ3) is 9.44. The Bertz CT molecular complexity index is 566. The predicted molar refractivity (Wildman–Crippen MR) is 114 cm³/mol. The molecular formula is C16H32F3IN4O3S. The van der Waals surface area contributed by atoms with Crippen LogP contribution < -0.4 is 10.6 Å². The van der Waals surface area contributed by atoms with Crippen LogP contribution in [0.1, 0.15) is 40.0 Å². The molecule has 0 spiro atoms. The number of nitrogens with one attached hydrogen (secondary N) is 2. The predicted octanol–water partition coefficient (Wildman–Crippen LogP) is 2.54. The number of rotatable bonds is 9. The van der Waals surface area contributed by atoms with Gasteiger partial charge in [0.15, 0.2) is 5.96 Å². The maximum Gasteiger partial charge on any atom is 0.511 e. The smallest absolute Gasteiger partial charge is 0.380 e. The van der Waals surface area contributed by atoms with Crippen molar-refractivity contribution in [1.29, 1.82) is 0 Å². The molecule has 1 fully saturated rings. The number of halogens is 4. The summed E-state index contributed by atoms with van der Waals surface area (Å²) in [6, 6.07) is -0.135. The van der Waals surface area contributed by atoms with Crippen LogP contribution in [0, 0.1) is 5.92 Å². The van der Waals surface area contributed by atoms with Gasteiger partial charge in [-0.2, -0.15) is 17.5 Å². The van der Waals surface area contributed by atoms with Gasteiger partial charge in [-0.1, -0.05) is 13.8 Å². The van der Waals surface area contributed by atoms with E-state index in [0.29, 0.717) is 42.5 Å². The van der Waals surface area contributed by atoms with Crippen molar-refractivity contribution in [3.8, 4) is 0 Å². The highest BCUT2D eigenvalue weighted by Crippen LogP contribution is 2.28. The molecule has 1 saturated heterocycles. The number of alkyl halides is 3. The van der Waals surface area contributed by atoms with E-state index in [-0.39, 0.29) is 55.9 Å². The van der Waals surface area contributed by atoms with Crippen LogP contribution >= 0.6 is 24.0 Å². The average Bonchev–Trinajstić information content (AvgIpc) is 2.57. The van der Waals surface area contributed by atoms with E-state index in [9.17, 15) is 21.6 Å². The molecule has 0 unspecified atom stereocenters. The van der Waals surface area contributed by atoms with Crippen molar-refractivity contribution in [2.45, 2.75) is 51.6 Å². The van der Waals surface area contributed by atoms with Gasteiger partial charge in [0.05, 0.1) is 13.2 Å². The Morgan fingerprint density at radius 1 is 1.25 bits per heavy atom. The second kappa shape index (κ2) is 13.1. The van der Waals surface area contributed by atoms with E-state index >= 15 is 0 Å². The maximum atomic E-state index is 12.6. The summed E-state index contributed by atoms with van der Waals surface area (Å²) in [6.45, 7) is 8.11. The molecule has 1 heterocycles. The summed E-state index contributed by atoms with van der Waals surface area (Å²) in [6.07, 6.45) is 1.55. The number of hydrogen-bond donors (Lipinski definition) is 2. The van der Waals surface area contributed by atoms with Crippen LogP contribution in [-0.2, 0) is 14.8 Å². The van der Waals surface area contributed by atoms with E-state index in [1.807, 2.05) is 6.92 Å². The van der Waals surface area contributed by atoms with Crippen molar-refractivity contribution in [2.24, 2.45) is 10.9 Å². The Morgan fingerprint density at radius 3 is 2.36 bits per heavy atom. The zero-order chi connectivity index (χ0) is 20.5. The summed E-state index contributed by atoms with van der Waals surface area (Å²) in [5.74, 6) is 1.14. The van der Waals surface area contributed by atoms with E-state index in [1.54, 1.807) is 0 Å². The van der Waals surface area contributed by atoms with Gasteiger partial charge >= 0.3 is 15.5 Å². The first-order valence-corrected chi connectivity index (χ1v) is 10.7. The van der Waals surface area contributed by atoms with Gasteiger partial charge in [-0.15, -0.1) is 24.0 Å². The number of sulfonamides is 1. The van der Waals surface area contributed by atoms with Crippen molar-refractivity contribution < 1.29 is 26.3 Å². The first-order chi connectivity index (χ1) is 12.6. The molecule has 28 heavy (non-hydrogen) atoms. The van der Waals surface area contributed by atoms with Gasteiger partial charge < -0.3 is 15.4 Å². The van der Waals surface area contributed by atoms with Crippen LogP contribution in [-0.4, -0.2) is 69.6 Å². The summed E-state index contributed by atoms with van der Waals surface area (Å²) in [5.41, 5.74) is -5.25. The van der Waals surface area contributed by atoms with Gasteiger partial charge in [0.2, 0.25) is 0 Å². The summed E-state index contributed by atoms with van der Waals surface area (Å²) >= 11 is 0. The van der Waals surface area contributed by atoms with Crippen molar-refractivity contribution in [3.05, 3.63) is 0 Å². The topological polar surface area (TPSA) is 83.0 Å². The highest BCUT2D eigenvalue weighted by Gasteiger charge is 2.50. The second-order valence-electron chi connectivity index (χ2n) is 6.82. The molecule has 0 amide bonds. The summed E-state index contributed by atoms with van der Waals surface area (Å²) in [4.78, 5) is 4.39. The van der Waals surface area contributed by atoms with Crippen LogP contribution in [0.3, 0.4) is 0 Å². The van der Waals surface area contributed by atoms with Crippen LogP contribution in [0.15, 0.2) is 4.99 Å². The lowest BCUT2D eigenvalue weighted by Crippen LogP contribution is -2.51. The number of ether oxygens (including phenoxy) is 1. The zero-order valence-electron chi connectivity index (χ0n) is 16.6. The van der Waals surface area contributed by atoms with Crippen LogP contribution in [0.2, 0.25) is 0 Å². The molecular weight excluding hydrogens is 512 g/mol. The van der Waals surface area contributed by atoms with Gasteiger partial charge in [-0.25, -0.2) is 8.42 Å². The zero-order valence-corrected chi connectivity index (χ0v) is 19.7. The molecule has 168 valence electrons. The van der Waals surface area contributed by atoms with E-state index in [1.165, 1.54) is 0 Å². The highest BCUT2D eigenvalue weighted by atomic mass is 127. The summed E-state index contributed by atoms with van der Waals surface area (Å²) < 4.78 is 66.7. The third-order valence-electron chi connectivity index (χ3n) is 4.12. The molecule has 7 nitrogen and oxygen atoms in total. The maximum absolute atomic E-state index is 12.6. The van der Waals surface area contributed by atoms with Crippen molar-refractivity contribution in [3.63, 3.8) is 0 Å². The fourth-order valence-corrected chi connectivity index (χ4v) is 3.53. The molecule has 1 aliphatic heterocycles. The lowest BCUT2D eigenvalue weighted by atomic mass is 10.1. The minimum atomic E-state index is -5.25. The second-order valence-corrected chi connectivity index (χ2v) is 8.75. The standard InChI is InChI=1S/C16H31F3N4O3S.HI/c1-4-20-15(21-8-12-26-11-7-13(2)3)22-14-5-9-23(10-6-14)27(24,25)16(17,18)19;/h13-14H,4-12H2,1-3H3,(H2,20,21,22);1H. The minimum Gasteiger partial charge on any atom is -0.380 e. The Kier molecular flexibility index (Phi) is 12.9. The number of hydrogen-bond acceptors (Lipinski definition) is 4. The number of nitrogens with zero attached hydrogens (tertiary/aromatic N) is 2. The molecule has 0 bridgehead atoms. The molecule has 0 aromatic rings. The summed E-state index contributed by atoms with van der Waals surface area (Å²) in [5, 5.41) is 6.23. The molecule has 0 aromatic carbocycles. The van der Waals surface area contributed by atoms with Gasteiger partial charge in [-0.3, -0.25) is 4.99 Å². The monoisotopic (exact) mass is 544 g/mol. The van der Waals surface area contributed by atoms with Crippen LogP contribution in [0.5, 0.6) is 0 Å². The molecule has 0 radical (unpaired) electrons. The van der Waals surface area contributed by atoms with Crippen LogP contribution in [0.4, 0.5) is 13.2 Å². The highest BCUT2D eigenvalue weighted by molar-refractivity contribution is 14.0. The number of guanidine groups is 1. The van der Waals surface area contributed by atoms with E-state index < -0.39 is 15.5 Å². The number of aliphatic imine (C=N–C) groups is 1. The molecule has 2 N–H and O–H groups in total. The molecule has 0 atom stereocenters. The lowest BCUT2D eigenvalue weighted by molar-refractivity contribution is -0.0494. The Balaban J connectivity index is 0.00000729. The fourth-order valence-electron chi connectivity index (χ4n) is 2.54. The van der Waals surface area contributed by atoms with E-state index in [2.05, 4.69) is 29.5 Å². The van der Waals surface area contributed by atoms with Gasteiger partial charge in [-0.05, 0) is 32.1 Å². The molecule has 1 aliphatic rings. The van der Waals surface area contributed by atoms with Gasteiger partial charge in [0, 0.05) is 32.3 Å². The minimum absolute atomic E-state index is 0. The van der Waals surface area contributed by atoms with E-state index in [4.69, 9.17) is 4.74 Å². The molecule has 0 aromatic heterocycles. The van der Waals surface area contributed by atoms with E-state index in [0.717, 1.165) is 6.42 Å². The molecule has 1 rings (SSSR count). The SMILES string of the molecule is CCNC(=NCCOCCC(C)C)NC1CCN(S(=O)(=O)C(F)(F)F)CC1.I. The van der Waals surface area contributed by atoms with Gasteiger partial charge in [0.25, 0.3) is 0 Å². The average molecular weight is 544 g/mol. The Morgan fingerprint density at radius 2 is 1.86 bits per heavy atom. The first kappa shape index (κ1) is 27.7. The van der Waals surface area contributed by atoms with Crippen molar-refractivity contribution >= 4 is 40.0 Å².